The van der Waals surface area contributed by atoms with Gasteiger partial charge in [-0.1, -0.05) is 67.0 Å². The summed E-state index contributed by atoms with van der Waals surface area (Å²) in [4.78, 5) is 8.83. The standard InChI is InChI=1S/C22H31NS.C10H23NO/c1-7-8-9-19-20(23-15(2)24-19)16-10-11-17-18(14-16)22(5,6)13-12-21(17,3)4;1-3-7-11(8-4-2)9-5-6-10-12/h10-11,14H,7-9,12-13H2,1-6H3;12H,3-10H2,1-2H3. The number of fused-ring (bicyclic) bond motifs is 1. The molecule has 0 unspecified atom stereocenters. The lowest BCUT2D eigenvalue weighted by Crippen LogP contribution is -2.33. The zero-order chi connectivity index (χ0) is 26.8. The molecule has 1 N–H and O–H groups in total. The Morgan fingerprint density at radius 1 is 0.861 bits per heavy atom. The van der Waals surface area contributed by atoms with Crippen molar-refractivity contribution in [3.8, 4) is 11.3 Å². The van der Waals surface area contributed by atoms with Crippen molar-refractivity contribution in [3.05, 3.63) is 39.2 Å². The smallest absolute Gasteiger partial charge is 0.0904 e. The molecule has 0 fully saturated rings. The average molecular weight is 515 g/mol. The maximum absolute atomic E-state index is 8.62. The minimum absolute atomic E-state index is 0.259. The second kappa shape index (κ2) is 14.6. The van der Waals surface area contributed by atoms with Gasteiger partial charge in [-0.25, -0.2) is 4.98 Å². The fourth-order valence-electron chi connectivity index (χ4n) is 5.35. The van der Waals surface area contributed by atoms with E-state index >= 15 is 0 Å². The van der Waals surface area contributed by atoms with Crippen LogP contribution in [0.4, 0.5) is 0 Å². The second-order valence-electron chi connectivity index (χ2n) is 11.9. The highest BCUT2D eigenvalue weighted by Crippen LogP contribution is 2.47. The molecule has 3 rings (SSSR count). The SMILES string of the molecule is CCCCc1sc(C)nc1-c1ccc2c(c1)C(C)(C)CCC2(C)C.CCCN(CCC)CCCCO. The number of aromatic nitrogens is 1. The van der Waals surface area contributed by atoms with E-state index < -0.39 is 0 Å². The van der Waals surface area contributed by atoms with E-state index in [0.717, 1.165) is 25.8 Å². The van der Waals surface area contributed by atoms with Crippen LogP contribution in [0, 0.1) is 6.92 Å². The molecule has 3 nitrogen and oxygen atoms in total. The number of unbranched alkanes of at least 4 members (excludes halogenated alkanes) is 2. The van der Waals surface area contributed by atoms with E-state index in [1.54, 1.807) is 0 Å². The van der Waals surface area contributed by atoms with Gasteiger partial charge in [-0.05, 0) is 106 Å². The van der Waals surface area contributed by atoms with Gasteiger partial charge in [0.2, 0.25) is 0 Å². The lowest BCUT2D eigenvalue weighted by Gasteiger charge is -2.42. The van der Waals surface area contributed by atoms with Crippen molar-refractivity contribution in [2.24, 2.45) is 0 Å². The molecule has 0 bridgehead atoms. The molecule has 1 aromatic carbocycles. The summed E-state index contributed by atoms with van der Waals surface area (Å²) < 4.78 is 0. The number of nitrogens with zero attached hydrogens (tertiary/aromatic N) is 2. The molecule has 0 atom stereocenters. The second-order valence-corrected chi connectivity index (χ2v) is 13.2. The van der Waals surface area contributed by atoms with Gasteiger partial charge >= 0.3 is 0 Å². The summed E-state index contributed by atoms with van der Waals surface area (Å²) in [6.07, 6.45) is 10.7. The van der Waals surface area contributed by atoms with Gasteiger partial charge in [0.25, 0.3) is 0 Å². The predicted octanol–water partition coefficient (Wildman–Crippen LogP) is 8.69. The number of hydrogen-bond donors (Lipinski definition) is 1. The minimum Gasteiger partial charge on any atom is -0.396 e. The summed E-state index contributed by atoms with van der Waals surface area (Å²) in [5.41, 5.74) is 6.15. The van der Waals surface area contributed by atoms with E-state index in [4.69, 9.17) is 10.1 Å². The summed E-state index contributed by atoms with van der Waals surface area (Å²) in [6, 6.07) is 7.13. The zero-order valence-corrected chi connectivity index (χ0v) is 25.5. The van der Waals surface area contributed by atoms with Gasteiger partial charge in [-0.3, -0.25) is 0 Å². The topological polar surface area (TPSA) is 36.4 Å². The fraction of sp³-hybridized carbons (Fsp3) is 0.719. The van der Waals surface area contributed by atoms with Crippen LogP contribution in [0.3, 0.4) is 0 Å². The summed E-state index contributed by atoms with van der Waals surface area (Å²) in [5.74, 6) is 0. The van der Waals surface area contributed by atoms with E-state index in [0.29, 0.717) is 6.61 Å². The monoisotopic (exact) mass is 514 g/mol. The number of hydrogen-bond acceptors (Lipinski definition) is 4. The maximum atomic E-state index is 8.62. The quantitative estimate of drug-likeness (QED) is 0.288. The zero-order valence-electron chi connectivity index (χ0n) is 24.7. The van der Waals surface area contributed by atoms with Gasteiger partial charge in [-0.2, -0.15) is 0 Å². The van der Waals surface area contributed by atoms with Crippen molar-refractivity contribution in [1.29, 1.82) is 0 Å². The average Bonchev–Trinajstić information content (AvgIpc) is 3.22. The number of benzene rings is 1. The van der Waals surface area contributed by atoms with Crippen LogP contribution in [0.15, 0.2) is 18.2 Å². The third kappa shape index (κ3) is 8.67. The normalized spacial score (nSPS) is 15.9. The summed E-state index contributed by atoms with van der Waals surface area (Å²) in [7, 11) is 0. The van der Waals surface area contributed by atoms with E-state index in [1.807, 2.05) is 11.3 Å². The predicted molar refractivity (Wildman–Crippen MR) is 160 cm³/mol. The molecule has 4 heteroatoms. The molecule has 0 amide bonds. The van der Waals surface area contributed by atoms with E-state index in [-0.39, 0.29) is 10.8 Å². The van der Waals surface area contributed by atoms with Gasteiger partial charge in [-0.15, -0.1) is 11.3 Å². The fourth-order valence-corrected chi connectivity index (χ4v) is 6.35. The first-order valence-corrected chi connectivity index (χ1v) is 15.4. The lowest BCUT2D eigenvalue weighted by molar-refractivity contribution is 0.241. The van der Waals surface area contributed by atoms with Crippen LogP contribution in [0.25, 0.3) is 11.3 Å². The van der Waals surface area contributed by atoms with E-state index in [9.17, 15) is 0 Å². The Labute approximate surface area is 226 Å². The van der Waals surface area contributed by atoms with Crippen molar-refractivity contribution in [1.82, 2.24) is 9.88 Å². The molecule has 1 heterocycles. The van der Waals surface area contributed by atoms with Crippen molar-refractivity contribution in [3.63, 3.8) is 0 Å². The summed E-state index contributed by atoms with van der Waals surface area (Å²) in [6.45, 7) is 22.3. The highest BCUT2D eigenvalue weighted by atomic mass is 32.1. The van der Waals surface area contributed by atoms with Gasteiger partial charge in [0.05, 0.1) is 10.7 Å². The van der Waals surface area contributed by atoms with E-state index in [2.05, 4.69) is 78.5 Å². The van der Waals surface area contributed by atoms with Crippen LogP contribution < -0.4 is 0 Å². The highest BCUT2D eigenvalue weighted by molar-refractivity contribution is 7.12. The van der Waals surface area contributed by atoms with Crippen LogP contribution >= 0.6 is 11.3 Å². The molecule has 36 heavy (non-hydrogen) atoms. The Bertz CT molecular complexity index is 909. The van der Waals surface area contributed by atoms with Crippen molar-refractivity contribution >= 4 is 11.3 Å². The number of thiazole rings is 1. The third-order valence-corrected chi connectivity index (χ3v) is 8.68. The Morgan fingerprint density at radius 3 is 2.08 bits per heavy atom. The number of aliphatic hydroxyl groups is 1. The van der Waals surface area contributed by atoms with Crippen molar-refractivity contribution < 1.29 is 5.11 Å². The van der Waals surface area contributed by atoms with Crippen LogP contribution in [0.5, 0.6) is 0 Å². The molecular weight excluding hydrogens is 460 g/mol. The Hall–Kier alpha value is -1.23. The number of aryl methyl sites for hydroxylation is 2. The molecular formula is C32H54N2OS. The van der Waals surface area contributed by atoms with Gasteiger partial charge in [0.1, 0.15) is 0 Å². The molecule has 0 saturated carbocycles. The molecule has 0 spiro atoms. The van der Waals surface area contributed by atoms with Gasteiger partial charge in [0, 0.05) is 17.0 Å². The van der Waals surface area contributed by atoms with Crippen LogP contribution in [-0.2, 0) is 17.3 Å². The Morgan fingerprint density at radius 2 is 1.50 bits per heavy atom. The lowest BCUT2D eigenvalue weighted by atomic mass is 9.63. The Balaban J connectivity index is 0.000000324. The van der Waals surface area contributed by atoms with Gasteiger partial charge in [0.15, 0.2) is 0 Å². The first kappa shape index (κ1) is 31.0. The highest BCUT2D eigenvalue weighted by Gasteiger charge is 2.37. The minimum atomic E-state index is 0.259. The molecule has 1 aliphatic rings. The number of aliphatic hydroxyl groups excluding tert-OH is 1. The van der Waals surface area contributed by atoms with Crippen molar-refractivity contribution in [2.75, 3.05) is 26.2 Å². The molecule has 1 aliphatic carbocycles. The molecule has 0 saturated heterocycles. The third-order valence-electron chi connectivity index (χ3n) is 7.65. The van der Waals surface area contributed by atoms with Crippen LogP contribution in [0.1, 0.15) is 121 Å². The molecule has 0 aliphatic heterocycles. The molecule has 1 aromatic heterocycles. The maximum Gasteiger partial charge on any atom is 0.0904 e. The first-order chi connectivity index (χ1) is 17.1. The van der Waals surface area contributed by atoms with Crippen LogP contribution in [0.2, 0.25) is 0 Å². The molecule has 204 valence electrons. The summed E-state index contributed by atoms with van der Waals surface area (Å²) >= 11 is 1.88. The van der Waals surface area contributed by atoms with E-state index in [1.165, 1.54) is 83.9 Å². The molecule has 0 radical (unpaired) electrons. The first-order valence-electron chi connectivity index (χ1n) is 14.5. The molecule has 2 aromatic rings. The van der Waals surface area contributed by atoms with Crippen molar-refractivity contribution in [2.45, 2.75) is 124 Å². The van der Waals surface area contributed by atoms with Crippen LogP contribution in [-0.4, -0.2) is 41.2 Å². The van der Waals surface area contributed by atoms with Gasteiger partial charge < -0.3 is 10.0 Å². The summed E-state index contributed by atoms with van der Waals surface area (Å²) in [5, 5.41) is 9.81. The Kier molecular flexibility index (Phi) is 12.6. The number of rotatable bonds is 12. The largest absolute Gasteiger partial charge is 0.396 e.